The minimum Gasteiger partial charge on any atom is -0.493 e. The molecule has 4 rings (SSSR count). The summed E-state index contributed by atoms with van der Waals surface area (Å²) in [6.45, 7) is 4.38. The van der Waals surface area contributed by atoms with Gasteiger partial charge in [-0.1, -0.05) is 42.5 Å². The van der Waals surface area contributed by atoms with Crippen LogP contribution in [0.5, 0.6) is 5.75 Å². The fourth-order valence-electron chi connectivity index (χ4n) is 4.87. The lowest BCUT2D eigenvalue weighted by molar-refractivity contribution is -0.135. The van der Waals surface area contributed by atoms with Gasteiger partial charge in [0.15, 0.2) is 0 Å². The number of hydrogen-bond donors (Lipinski definition) is 5. The Morgan fingerprint density at radius 3 is 2.57 bits per heavy atom. The van der Waals surface area contributed by atoms with Crippen LogP contribution in [-0.2, 0) is 32.1 Å². The number of carbonyl (C=O) groups is 5. The SMILES string of the molecule is CC1(C)NC(=O)C[C@@H](C(=O)NCCCn2ccnc2)NC(=O)c2ccccc2OCCCNC(=O)[C@H](Cc2ccccc2)NC1=O. The van der Waals surface area contributed by atoms with Crippen LogP contribution in [0.25, 0.3) is 0 Å². The van der Waals surface area contributed by atoms with E-state index in [0.717, 1.165) is 5.56 Å². The van der Waals surface area contributed by atoms with E-state index in [9.17, 15) is 24.0 Å². The predicted molar refractivity (Wildman–Crippen MR) is 170 cm³/mol. The third-order valence-electron chi connectivity index (χ3n) is 7.40. The van der Waals surface area contributed by atoms with Crippen molar-refractivity contribution in [1.29, 1.82) is 0 Å². The first-order chi connectivity index (χ1) is 22.1. The molecule has 46 heavy (non-hydrogen) atoms. The first-order valence-electron chi connectivity index (χ1n) is 15.3. The summed E-state index contributed by atoms with van der Waals surface area (Å²) >= 11 is 0. The lowest BCUT2D eigenvalue weighted by atomic mass is 10.00. The predicted octanol–water partition coefficient (Wildman–Crippen LogP) is 1.10. The Bertz CT molecular complexity index is 1490. The first-order valence-corrected chi connectivity index (χ1v) is 15.3. The summed E-state index contributed by atoms with van der Waals surface area (Å²) in [4.78, 5) is 70.6. The standard InChI is InChI=1S/C33H41N7O6/c1-33(2)32(45)38-25(20-23-10-4-3-5-11-23)30(43)36-15-9-19-46-27-13-7-6-12-24(27)29(42)37-26(21-28(41)39-33)31(44)35-14-8-17-40-18-16-34-22-40/h3-7,10-13,16,18,22,25-26H,8-9,14-15,17,19-21H2,1-2H3,(H,35,44)(H,36,43)(H,37,42)(H,38,45)(H,39,41)/t25-,26-/m0/s1. The second-order valence-corrected chi connectivity index (χ2v) is 11.6. The summed E-state index contributed by atoms with van der Waals surface area (Å²) in [5, 5.41) is 13.8. The number of nitrogens with one attached hydrogen (secondary N) is 5. The molecule has 13 nitrogen and oxygen atoms in total. The van der Waals surface area contributed by atoms with E-state index in [1.807, 2.05) is 41.1 Å². The van der Waals surface area contributed by atoms with Gasteiger partial charge in [-0.05, 0) is 44.4 Å². The van der Waals surface area contributed by atoms with Gasteiger partial charge >= 0.3 is 0 Å². The smallest absolute Gasteiger partial charge is 0.255 e. The molecule has 5 amide bonds. The van der Waals surface area contributed by atoms with E-state index in [-0.39, 0.29) is 31.0 Å². The molecule has 3 aromatic rings. The number of ether oxygens (including phenoxy) is 1. The second kappa shape index (κ2) is 16.2. The average Bonchev–Trinajstić information content (AvgIpc) is 3.55. The Labute approximate surface area is 267 Å². The van der Waals surface area contributed by atoms with Crippen LogP contribution in [0.3, 0.4) is 0 Å². The molecular weight excluding hydrogens is 590 g/mol. The van der Waals surface area contributed by atoms with Crippen LogP contribution < -0.4 is 31.3 Å². The maximum absolute atomic E-state index is 13.4. The Kier molecular flexibility index (Phi) is 11.9. The van der Waals surface area contributed by atoms with E-state index in [4.69, 9.17) is 4.74 Å². The quantitative estimate of drug-likeness (QED) is 0.243. The third-order valence-corrected chi connectivity index (χ3v) is 7.40. The van der Waals surface area contributed by atoms with Crippen molar-refractivity contribution in [3.8, 4) is 5.75 Å². The fraction of sp³-hybridized carbons (Fsp3) is 0.394. The number of nitrogens with zero attached hydrogens (tertiary/aromatic N) is 2. The normalized spacial score (nSPS) is 19.5. The molecule has 0 fully saturated rings. The highest BCUT2D eigenvalue weighted by molar-refractivity contribution is 6.01. The van der Waals surface area contributed by atoms with Crippen molar-refractivity contribution in [3.63, 3.8) is 0 Å². The molecule has 0 aliphatic carbocycles. The second-order valence-electron chi connectivity index (χ2n) is 11.6. The van der Waals surface area contributed by atoms with Crippen molar-refractivity contribution >= 4 is 29.5 Å². The molecule has 0 saturated heterocycles. The van der Waals surface area contributed by atoms with Gasteiger partial charge in [0.25, 0.3) is 5.91 Å². The molecule has 1 aliphatic heterocycles. The van der Waals surface area contributed by atoms with E-state index in [1.54, 1.807) is 36.8 Å². The van der Waals surface area contributed by atoms with Crippen LogP contribution in [0.1, 0.15) is 49.0 Å². The zero-order valence-electron chi connectivity index (χ0n) is 26.1. The first kappa shape index (κ1) is 33.7. The van der Waals surface area contributed by atoms with Gasteiger partial charge in [-0.2, -0.15) is 0 Å². The number of para-hydroxylation sites is 1. The highest BCUT2D eigenvalue weighted by Crippen LogP contribution is 2.19. The zero-order chi connectivity index (χ0) is 32.9. The van der Waals surface area contributed by atoms with Gasteiger partial charge in [0.1, 0.15) is 23.4 Å². The van der Waals surface area contributed by atoms with Gasteiger partial charge in [-0.3, -0.25) is 24.0 Å². The molecule has 13 heteroatoms. The number of rotatable bonds is 7. The summed E-state index contributed by atoms with van der Waals surface area (Å²) < 4.78 is 7.74. The minimum absolute atomic E-state index is 0.189. The molecule has 2 heterocycles. The van der Waals surface area contributed by atoms with Crippen LogP contribution in [0.4, 0.5) is 0 Å². The number of aryl methyl sites for hydroxylation is 1. The maximum atomic E-state index is 13.4. The van der Waals surface area contributed by atoms with Gasteiger partial charge in [0.2, 0.25) is 23.6 Å². The van der Waals surface area contributed by atoms with Crippen LogP contribution in [0.15, 0.2) is 73.3 Å². The number of hydrogen-bond acceptors (Lipinski definition) is 7. The van der Waals surface area contributed by atoms with Crippen molar-refractivity contribution in [2.45, 2.75) is 63.7 Å². The van der Waals surface area contributed by atoms with E-state index >= 15 is 0 Å². The number of amides is 5. The molecule has 244 valence electrons. The summed E-state index contributed by atoms with van der Waals surface area (Å²) in [5.74, 6) is -2.47. The summed E-state index contributed by atoms with van der Waals surface area (Å²) in [7, 11) is 0. The molecule has 5 N–H and O–H groups in total. The van der Waals surface area contributed by atoms with Crippen molar-refractivity contribution in [3.05, 3.63) is 84.4 Å². The highest BCUT2D eigenvalue weighted by Gasteiger charge is 2.34. The van der Waals surface area contributed by atoms with Crippen LogP contribution >= 0.6 is 0 Å². The average molecular weight is 632 g/mol. The molecule has 2 atom stereocenters. The molecule has 0 spiro atoms. The molecule has 0 radical (unpaired) electrons. The van der Waals surface area contributed by atoms with E-state index in [2.05, 4.69) is 31.6 Å². The Morgan fingerprint density at radius 2 is 1.80 bits per heavy atom. The maximum Gasteiger partial charge on any atom is 0.255 e. The number of benzene rings is 2. The van der Waals surface area contributed by atoms with Crippen molar-refractivity contribution in [2.24, 2.45) is 0 Å². The van der Waals surface area contributed by atoms with Crippen molar-refractivity contribution < 1.29 is 28.7 Å². The van der Waals surface area contributed by atoms with E-state index in [1.165, 1.54) is 13.8 Å². The van der Waals surface area contributed by atoms with Crippen molar-refractivity contribution in [2.75, 3.05) is 19.7 Å². The van der Waals surface area contributed by atoms with E-state index in [0.29, 0.717) is 31.7 Å². The Morgan fingerprint density at radius 1 is 1.04 bits per heavy atom. The van der Waals surface area contributed by atoms with Crippen LogP contribution in [-0.4, -0.2) is 76.4 Å². The molecule has 0 bridgehead atoms. The van der Waals surface area contributed by atoms with Crippen LogP contribution in [0, 0.1) is 0 Å². The minimum atomic E-state index is -1.45. The van der Waals surface area contributed by atoms with Gasteiger partial charge in [-0.15, -0.1) is 0 Å². The fourth-order valence-corrected chi connectivity index (χ4v) is 4.87. The molecule has 0 saturated carbocycles. The number of aromatic nitrogens is 2. The lowest BCUT2D eigenvalue weighted by Gasteiger charge is -2.29. The topological polar surface area (TPSA) is 173 Å². The van der Waals surface area contributed by atoms with Crippen LogP contribution in [0.2, 0.25) is 0 Å². The zero-order valence-corrected chi connectivity index (χ0v) is 26.1. The summed E-state index contributed by atoms with van der Waals surface area (Å²) in [6.07, 6.45) is 5.97. The summed E-state index contributed by atoms with van der Waals surface area (Å²) in [6, 6.07) is 13.7. The Hall–Kier alpha value is -5.20. The number of fused-ring (bicyclic) bond motifs is 1. The Balaban J connectivity index is 1.53. The highest BCUT2D eigenvalue weighted by atomic mass is 16.5. The molecular formula is C33H41N7O6. The molecule has 1 aliphatic rings. The largest absolute Gasteiger partial charge is 0.493 e. The van der Waals surface area contributed by atoms with E-state index < -0.39 is 47.7 Å². The van der Waals surface area contributed by atoms with Gasteiger partial charge in [-0.25, -0.2) is 4.98 Å². The lowest BCUT2D eigenvalue weighted by Crippen LogP contribution is -2.60. The van der Waals surface area contributed by atoms with Crippen molar-refractivity contribution in [1.82, 2.24) is 36.1 Å². The van der Waals surface area contributed by atoms with Gasteiger partial charge in [0.05, 0.1) is 24.9 Å². The summed E-state index contributed by atoms with van der Waals surface area (Å²) in [5.41, 5.74) is -0.413. The monoisotopic (exact) mass is 631 g/mol. The van der Waals surface area contributed by atoms with Gasteiger partial charge in [0, 0.05) is 38.4 Å². The number of carbonyl (C=O) groups excluding carboxylic acids is 5. The van der Waals surface area contributed by atoms with Gasteiger partial charge < -0.3 is 35.9 Å². The molecule has 1 aromatic heterocycles. The molecule has 2 aromatic carbocycles. The number of imidazole rings is 1. The third kappa shape index (κ3) is 9.91. The molecule has 0 unspecified atom stereocenters.